The van der Waals surface area contributed by atoms with Crippen molar-refractivity contribution in [2.75, 3.05) is 45.8 Å². The second-order valence-corrected chi connectivity index (χ2v) is 7.78. The Labute approximate surface area is 170 Å². The molecule has 0 saturated carbocycles. The van der Waals surface area contributed by atoms with Gasteiger partial charge in [0.05, 0.1) is 11.8 Å². The van der Waals surface area contributed by atoms with Crippen LogP contribution in [0.1, 0.15) is 39.8 Å². The number of piperazine rings is 1. The highest BCUT2D eigenvalue weighted by atomic mass is 16.3. The number of hydrogen-bond acceptors (Lipinski definition) is 6. The van der Waals surface area contributed by atoms with Crippen LogP contribution in [-0.4, -0.2) is 82.3 Å². The van der Waals surface area contributed by atoms with E-state index in [0.29, 0.717) is 24.6 Å². The lowest BCUT2D eigenvalue weighted by Gasteiger charge is -2.34. The fourth-order valence-electron chi connectivity index (χ4n) is 4.16. The molecule has 29 heavy (non-hydrogen) atoms. The molecule has 2 fully saturated rings. The number of aromatic nitrogens is 2. The molecule has 0 N–H and O–H groups in total. The molecule has 154 valence electrons. The van der Waals surface area contributed by atoms with Gasteiger partial charge in [-0.1, -0.05) is 6.92 Å². The number of rotatable bonds is 5. The monoisotopic (exact) mass is 397 g/mol. The zero-order valence-electron chi connectivity index (χ0n) is 16.8. The molecule has 2 aliphatic rings. The molecule has 0 bridgehead atoms. The number of oxazole rings is 1. The normalized spacial score (nSPS) is 20.2. The first kappa shape index (κ1) is 19.6. The Morgan fingerprint density at radius 3 is 2.59 bits per heavy atom. The fourth-order valence-corrected chi connectivity index (χ4v) is 4.16. The van der Waals surface area contributed by atoms with Gasteiger partial charge in [0.1, 0.15) is 0 Å². The SMILES string of the molecule is CCN1CCN(C(=O)c2cncc(CC3CCN(C(=O)c4cnco4)C3)c2)CC1. The van der Waals surface area contributed by atoms with E-state index in [9.17, 15) is 9.59 Å². The summed E-state index contributed by atoms with van der Waals surface area (Å²) in [6.45, 7) is 7.93. The molecule has 1 unspecified atom stereocenters. The van der Waals surface area contributed by atoms with Crippen molar-refractivity contribution in [3.8, 4) is 0 Å². The molecule has 1 atom stereocenters. The Hall–Kier alpha value is -2.74. The highest BCUT2D eigenvalue weighted by Crippen LogP contribution is 2.23. The van der Waals surface area contributed by atoms with Gasteiger partial charge in [0.15, 0.2) is 6.39 Å². The van der Waals surface area contributed by atoms with E-state index in [4.69, 9.17) is 4.42 Å². The van der Waals surface area contributed by atoms with Crippen LogP contribution in [-0.2, 0) is 6.42 Å². The minimum absolute atomic E-state index is 0.0589. The van der Waals surface area contributed by atoms with Gasteiger partial charge in [-0.15, -0.1) is 0 Å². The van der Waals surface area contributed by atoms with Crippen LogP contribution in [0.2, 0.25) is 0 Å². The molecule has 8 heteroatoms. The van der Waals surface area contributed by atoms with Crippen LogP contribution in [0.4, 0.5) is 0 Å². The number of likely N-dealkylation sites (N-methyl/N-ethyl adjacent to an activating group) is 1. The van der Waals surface area contributed by atoms with Crippen molar-refractivity contribution in [3.63, 3.8) is 0 Å². The van der Waals surface area contributed by atoms with Crippen molar-refractivity contribution >= 4 is 11.8 Å². The smallest absolute Gasteiger partial charge is 0.291 e. The van der Waals surface area contributed by atoms with E-state index in [2.05, 4.69) is 21.8 Å². The summed E-state index contributed by atoms with van der Waals surface area (Å²) < 4.78 is 5.12. The van der Waals surface area contributed by atoms with Crippen LogP contribution < -0.4 is 0 Å². The van der Waals surface area contributed by atoms with E-state index >= 15 is 0 Å². The van der Waals surface area contributed by atoms with Crippen molar-refractivity contribution in [2.45, 2.75) is 19.8 Å². The summed E-state index contributed by atoms with van der Waals surface area (Å²) in [4.78, 5) is 39.4. The van der Waals surface area contributed by atoms with Crippen LogP contribution in [0.25, 0.3) is 0 Å². The number of hydrogen-bond donors (Lipinski definition) is 0. The zero-order chi connectivity index (χ0) is 20.2. The van der Waals surface area contributed by atoms with E-state index in [-0.39, 0.29) is 17.6 Å². The van der Waals surface area contributed by atoms with Gasteiger partial charge in [-0.3, -0.25) is 14.6 Å². The molecule has 0 radical (unpaired) electrons. The van der Waals surface area contributed by atoms with Crippen LogP contribution in [0.5, 0.6) is 0 Å². The number of carbonyl (C=O) groups is 2. The lowest BCUT2D eigenvalue weighted by molar-refractivity contribution is 0.0642. The fraction of sp³-hybridized carbons (Fsp3) is 0.524. The maximum Gasteiger partial charge on any atom is 0.291 e. The second-order valence-electron chi connectivity index (χ2n) is 7.78. The number of carbonyl (C=O) groups excluding carboxylic acids is 2. The number of likely N-dealkylation sites (tertiary alicyclic amines) is 1. The molecule has 0 spiro atoms. The van der Waals surface area contributed by atoms with Crippen molar-refractivity contribution in [1.82, 2.24) is 24.7 Å². The maximum absolute atomic E-state index is 12.9. The van der Waals surface area contributed by atoms with Crippen LogP contribution in [0.3, 0.4) is 0 Å². The lowest BCUT2D eigenvalue weighted by Crippen LogP contribution is -2.48. The minimum atomic E-state index is -0.113. The molecule has 0 aliphatic carbocycles. The van der Waals surface area contributed by atoms with Gasteiger partial charge in [-0.2, -0.15) is 0 Å². The Kier molecular flexibility index (Phi) is 5.89. The average molecular weight is 397 g/mol. The summed E-state index contributed by atoms with van der Waals surface area (Å²) in [6, 6.07) is 1.96. The van der Waals surface area contributed by atoms with Gasteiger partial charge < -0.3 is 19.1 Å². The molecule has 0 aromatic carbocycles. The quantitative estimate of drug-likeness (QED) is 0.761. The molecule has 2 amide bonds. The zero-order valence-corrected chi connectivity index (χ0v) is 16.8. The molecule has 8 nitrogen and oxygen atoms in total. The number of nitrogens with zero attached hydrogens (tertiary/aromatic N) is 5. The largest absolute Gasteiger partial charge is 0.438 e. The van der Waals surface area contributed by atoms with Crippen molar-refractivity contribution in [2.24, 2.45) is 5.92 Å². The van der Waals surface area contributed by atoms with E-state index < -0.39 is 0 Å². The van der Waals surface area contributed by atoms with Gasteiger partial charge in [-0.25, -0.2) is 4.98 Å². The first-order valence-electron chi connectivity index (χ1n) is 10.3. The van der Waals surface area contributed by atoms with Crippen molar-refractivity contribution < 1.29 is 14.0 Å². The van der Waals surface area contributed by atoms with Gasteiger partial charge in [0.25, 0.3) is 11.8 Å². The van der Waals surface area contributed by atoms with E-state index in [0.717, 1.165) is 51.1 Å². The molecule has 2 saturated heterocycles. The Morgan fingerprint density at radius 1 is 1.03 bits per heavy atom. The summed E-state index contributed by atoms with van der Waals surface area (Å²) in [5.74, 6) is 0.576. The molecule has 2 aromatic rings. The molecule has 4 rings (SSSR count). The molecule has 2 aromatic heterocycles. The predicted octanol–water partition coefficient (Wildman–Crippen LogP) is 1.55. The highest BCUT2D eigenvalue weighted by molar-refractivity contribution is 5.94. The predicted molar refractivity (Wildman–Crippen MR) is 106 cm³/mol. The number of pyridine rings is 1. The third kappa shape index (κ3) is 4.48. The van der Waals surface area contributed by atoms with Crippen LogP contribution >= 0.6 is 0 Å². The maximum atomic E-state index is 12.9. The van der Waals surface area contributed by atoms with E-state index in [1.54, 1.807) is 11.1 Å². The second kappa shape index (κ2) is 8.73. The van der Waals surface area contributed by atoms with Gasteiger partial charge in [0, 0.05) is 51.7 Å². The summed E-state index contributed by atoms with van der Waals surface area (Å²) in [5.41, 5.74) is 1.70. The van der Waals surface area contributed by atoms with Gasteiger partial charge in [-0.05, 0) is 36.9 Å². The summed E-state index contributed by atoms with van der Waals surface area (Å²) >= 11 is 0. The molecule has 2 aliphatic heterocycles. The van der Waals surface area contributed by atoms with Crippen molar-refractivity contribution in [3.05, 3.63) is 47.9 Å². The minimum Gasteiger partial charge on any atom is -0.438 e. The van der Waals surface area contributed by atoms with Crippen molar-refractivity contribution in [1.29, 1.82) is 0 Å². The van der Waals surface area contributed by atoms with Gasteiger partial charge in [0.2, 0.25) is 5.76 Å². The first-order valence-corrected chi connectivity index (χ1v) is 10.3. The van der Waals surface area contributed by atoms with E-state index in [1.807, 2.05) is 17.2 Å². The molecular formula is C21H27N5O3. The topological polar surface area (TPSA) is 82.8 Å². The third-order valence-electron chi connectivity index (χ3n) is 5.89. The average Bonchev–Trinajstić information content (AvgIpc) is 3.45. The van der Waals surface area contributed by atoms with Crippen LogP contribution in [0, 0.1) is 5.92 Å². The summed E-state index contributed by atoms with van der Waals surface area (Å²) in [5, 5.41) is 0. The van der Waals surface area contributed by atoms with Crippen LogP contribution in [0.15, 0.2) is 35.5 Å². The highest BCUT2D eigenvalue weighted by Gasteiger charge is 2.29. The Morgan fingerprint density at radius 2 is 1.86 bits per heavy atom. The Bertz CT molecular complexity index is 846. The lowest BCUT2D eigenvalue weighted by atomic mass is 9.99. The molecule has 4 heterocycles. The van der Waals surface area contributed by atoms with E-state index in [1.165, 1.54) is 12.6 Å². The van der Waals surface area contributed by atoms with Gasteiger partial charge >= 0.3 is 0 Å². The number of amides is 2. The third-order valence-corrected chi connectivity index (χ3v) is 5.89. The molecular weight excluding hydrogens is 370 g/mol. The summed E-state index contributed by atoms with van der Waals surface area (Å²) in [7, 11) is 0. The summed E-state index contributed by atoms with van der Waals surface area (Å²) in [6.07, 6.45) is 7.94. The first-order chi connectivity index (χ1) is 14.1. The standard InChI is InChI=1S/C21H27N5O3/c1-2-24-5-7-25(8-6-24)20(27)18-10-17(11-22-12-18)9-16-3-4-26(14-16)21(28)19-13-23-15-29-19/h10-13,15-16H,2-9,14H2,1H3. The Balaban J connectivity index is 1.35.